The van der Waals surface area contributed by atoms with Crippen molar-refractivity contribution in [1.82, 2.24) is 0 Å². The van der Waals surface area contributed by atoms with E-state index in [9.17, 15) is 19.0 Å². The number of hydrogen-bond acceptors (Lipinski definition) is 8. The van der Waals surface area contributed by atoms with Crippen LogP contribution in [0.5, 0.6) is 0 Å². The Balaban J connectivity index is 4.50. The van der Waals surface area contributed by atoms with Crippen molar-refractivity contribution in [2.75, 3.05) is 47.5 Å². The van der Waals surface area contributed by atoms with Crippen LogP contribution in [0.3, 0.4) is 0 Å². The van der Waals surface area contributed by atoms with Gasteiger partial charge in [0.1, 0.15) is 19.8 Å². The van der Waals surface area contributed by atoms with E-state index in [4.69, 9.17) is 18.5 Å². The van der Waals surface area contributed by atoms with Crippen molar-refractivity contribution in [3.63, 3.8) is 0 Å². The van der Waals surface area contributed by atoms with Gasteiger partial charge in [-0.2, -0.15) is 0 Å². The summed E-state index contributed by atoms with van der Waals surface area (Å²) in [6.07, 6.45) is 53.6. The Morgan fingerprint density at radius 2 is 0.950 bits per heavy atom. The van der Waals surface area contributed by atoms with Gasteiger partial charge in [0.05, 0.1) is 27.7 Å². The normalized spacial score (nSPS) is 14.3. The van der Waals surface area contributed by atoms with Crippen LogP contribution in [0.4, 0.5) is 0 Å². The number of ether oxygens (including phenoxy) is 2. The molecule has 0 saturated heterocycles. The van der Waals surface area contributed by atoms with Crippen molar-refractivity contribution in [2.45, 2.75) is 174 Å². The van der Waals surface area contributed by atoms with Gasteiger partial charge in [0.2, 0.25) is 0 Å². The van der Waals surface area contributed by atoms with Crippen LogP contribution in [0.25, 0.3) is 0 Å². The van der Waals surface area contributed by atoms with E-state index in [1.54, 1.807) is 0 Å². The van der Waals surface area contributed by atoms with E-state index in [-0.39, 0.29) is 26.1 Å². The Kier molecular flexibility index (Phi) is 39.6. The molecule has 0 aromatic heterocycles. The van der Waals surface area contributed by atoms with Gasteiger partial charge in [-0.3, -0.25) is 14.2 Å². The van der Waals surface area contributed by atoms with Crippen molar-refractivity contribution < 1.29 is 42.1 Å². The fraction of sp³-hybridized carbons (Fsp3) is 0.680. The van der Waals surface area contributed by atoms with Gasteiger partial charge in [-0.1, -0.05) is 176 Å². The maximum atomic E-state index is 12.7. The zero-order chi connectivity index (χ0) is 44.3. The van der Waals surface area contributed by atoms with E-state index in [0.29, 0.717) is 23.9 Å². The number of allylic oxidation sites excluding steroid dienone is 14. The molecule has 0 fully saturated rings. The highest BCUT2D eigenvalue weighted by molar-refractivity contribution is 7.45. The van der Waals surface area contributed by atoms with Gasteiger partial charge < -0.3 is 27.9 Å². The van der Waals surface area contributed by atoms with Crippen LogP contribution in [-0.2, 0) is 32.7 Å². The van der Waals surface area contributed by atoms with Gasteiger partial charge in [0, 0.05) is 12.8 Å². The van der Waals surface area contributed by atoms with Crippen LogP contribution in [0.1, 0.15) is 168 Å². The summed E-state index contributed by atoms with van der Waals surface area (Å²) < 4.78 is 33.8. The Bertz CT molecular complexity index is 1290. The first kappa shape index (κ1) is 57.2. The van der Waals surface area contributed by atoms with E-state index in [1.807, 2.05) is 39.4 Å². The predicted molar refractivity (Wildman–Crippen MR) is 249 cm³/mol. The third kappa shape index (κ3) is 44.7. The third-order valence-electron chi connectivity index (χ3n) is 9.43. The minimum absolute atomic E-state index is 0.0530. The number of likely N-dealkylation sites (N-methyl/N-ethyl adjacent to an activating group) is 1. The van der Waals surface area contributed by atoms with E-state index >= 15 is 0 Å². The van der Waals surface area contributed by atoms with Crippen molar-refractivity contribution in [3.8, 4) is 0 Å². The lowest BCUT2D eigenvalue weighted by molar-refractivity contribution is -0.870. The van der Waals surface area contributed by atoms with Crippen molar-refractivity contribution in [1.29, 1.82) is 0 Å². The topological polar surface area (TPSA) is 111 Å². The molecule has 60 heavy (non-hydrogen) atoms. The standard InChI is InChI=1S/C50H86NO8P/c1-6-8-10-12-14-16-18-20-22-24-25-27-29-31-33-35-37-39-41-43-50(53)59-48(47-58-60(54,55)57-45-44-51(3,4)5)46-56-49(52)42-40-38-36-34-32-30-28-26-23-21-19-17-15-13-11-9-7-2/h8,10,14,16,20,22,25,27,31,33,36-39,48H,6-7,9,11-13,15,17-19,21,23-24,26,28-30,32,34-35,40-47H2,1-5H3/b10-8-,16-14-,22-20-,27-25-,33-31-,38-36-,39-37-. The highest BCUT2D eigenvalue weighted by Crippen LogP contribution is 2.38. The van der Waals surface area contributed by atoms with E-state index in [2.05, 4.69) is 80.7 Å². The number of hydrogen-bond donors (Lipinski definition) is 0. The number of quaternary nitrogens is 1. The van der Waals surface area contributed by atoms with Crippen molar-refractivity contribution in [2.24, 2.45) is 0 Å². The number of unbranched alkanes of at least 4 members (excludes halogenated alkanes) is 13. The molecule has 344 valence electrons. The summed E-state index contributed by atoms with van der Waals surface area (Å²) in [6.45, 7) is 3.98. The molecule has 0 aromatic carbocycles. The highest BCUT2D eigenvalue weighted by Gasteiger charge is 2.21. The SMILES string of the molecule is CC/C=C\C/C=C\C/C=C\C/C=C\C/C=C\C/C=C\CCC(=O)OC(COC(=O)CC/C=C\CCCCCCCCCCCCCCC)COP(=O)([O-])OCC[N+](C)(C)C. The van der Waals surface area contributed by atoms with E-state index < -0.39 is 32.5 Å². The Hall–Kier alpha value is -2.81. The zero-order valence-corrected chi connectivity index (χ0v) is 39.5. The van der Waals surface area contributed by atoms with Crippen LogP contribution in [-0.4, -0.2) is 70.0 Å². The summed E-state index contributed by atoms with van der Waals surface area (Å²) in [5, 5.41) is 0. The highest BCUT2D eigenvalue weighted by atomic mass is 31.2. The molecule has 0 aliphatic carbocycles. The van der Waals surface area contributed by atoms with Crippen LogP contribution in [0.15, 0.2) is 85.1 Å². The first-order chi connectivity index (χ1) is 29.0. The first-order valence-corrected chi connectivity index (χ1v) is 24.8. The molecule has 0 saturated carbocycles. The molecule has 0 aromatic rings. The number of esters is 2. The van der Waals surface area contributed by atoms with Crippen LogP contribution < -0.4 is 4.89 Å². The average Bonchev–Trinajstić information content (AvgIpc) is 3.20. The van der Waals surface area contributed by atoms with Crippen LogP contribution in [0, 0.1) is 0 Å². The monoisotopic (exact) mass is 860 g/mol. The minimum Gasteiger partial charge on any atom is -0.756 e. The number of phosphoric acid groups is 1. The molecule has 10 heteroatoms. The summed E-state index contributed by atoms with van der Waals surface area (Å²) in [5.41, 5.74) is 0. The first-order valence-electron chi connectivity index (χ1n) is 23.3. The largest absolute Gasteiger partial charge is 0.756 e. The van der Waals surface area contributed by atoms with Crippen LogP contribution in [0.2, 0.25) is 0 Å². The fourth-order valence-electron chi connectivity index (χ4n) is 5.81. The summed E-state index contributed by atoms with van der Waals surface area (Å²) in [6, 6.07) is 0. The van der Waals surface area contributed by atoms with Crippen LogP contribution >= 0.6 is 7.82 Å². The third-order valence-corrected chi connectivity index (χ3v) is 10.4. The summed E-state index contributed by atoms with van der Waals surface area (Å²) in [4.78, 5) is 37.5. The summed E-state index contributed by atoms with van der Waals surface area (Å²) in [7, 11) is 1.09. The lowest BCUT2D eigenvalue weighted by Crippen LogP contribution is -2.37. The minimum atomic E-state index is -4.66. The quantitative estimate of drug-likeness (QED) is 0.0196. The molecule has 0 aliphatic heterocycles. The van der Waals surface area contributed by atoms with E-state index in [0.717, 1.165) is 51.4 Å². The molecule has 2 atom stereocenters. The van der Waals surface area contributed by atoms with Gasteiger partial charge in [0.15, 0.2) is 6.10 Å². The van der Waals surface area contributed by atoms with Gasteiger partial charge in [-0.05, 0) is 64.2 Å². The van der Waals surface area contributed by atoms with Gasteiger partial charge in [0.25, 0.3) is 7.82 Å². The second-order valence-corrected chi connectivity index (χ2v) is 17.8. The van der Waals surface area contributed by atoms with Gasteiger partial charge in [-0.25, -0.2) is 0 Å². The smallest absolute Gasteiger partial charge is 0.306 e. The Morgan fingerprint density at radius 1 is 0.533 bits per heavy atom. The molecule has 0 radical (unpaired) electrons. The molecule has 0 rings (SSSR count). The van der Waals surface area contributed by atoms with E-state index in [1.165, 1.54) is 77.0 Å². The number of carbonyl (C=O) groups is 2. The molecule has 0 heterocycles. The Labute approximate surface area is 367 Å². The molecule has 0 spiro atoms. The molecule has 0 aliphatic rings. The number of rotatable bonds is 41. The number of carbonyl (C=O) groups excluding carboxylic acids is 2. The molecular formula is C50H86NO8P. The van der Waals surface area contributed by atoms with Gasteiger partial charge in [-0.15, -0.1) is 0 Å². The molecule has 0 bridgehead atoms. The Morgan fingerprint density at radius 3 is 1.43 bits per heavy atom. The van der Waals surface area contributed by atoms with Crippen molar-refractivity contribution >= 4 is 19.8 Å². The molecule has 0 amide bonds. The second-order valence-electron chi connectivity index (χ2n) is 16.4. The molecular weight excluding hydrogens is 774 g/mol. The number of nitrogens with zero attached hydrogens (tertiary/aromatic N) is 1. The zero-order valence-electron chi connectivity index (χ0n) is 38.6. The average molecular weight is 860 g/mol. The number of phosphoric ester groups is 1. The van der Waals surface area contributed by atoms with Gasteiger partial charge >= 0.3 is 11.9 Å². The lowest BCUT2D eigenvalue weighted by Gasteiger charge is -2.28. The molecule has 2 unspecified atom stereocenters. The predicted octanol–water partition coefficient (Wildman–Crippen LogP) is 12.9. The lowest BCUT2D eigenvalue weighted by atomic mass is 10.0. The summed E-state index contributed by atoms with van der Waals surface area (Å²) in [5.74, 6) is -0.994. The summed E-state index contributed by atoms with van der Waals surface area (Å²) >= 11 is 0. The second kappa shape index (κ2) is 41.5. The fourth-order valence-corrected chi connectivity index (χ4v) is 6.54. The molecule has 0 N–H and O–H groups in total. The molecule has 9 nitrogen and oxygen atoms in total. The van der Waals surface area contributed by atoms with Crippen molar-refractivity contribution in [3.05, 3.63) is 85.1 Å². The maximum absolute atomic E-state index is 12.7. The maximum Gasteiger partial charge on any atom is 0.306 e.